The Balaban J connectivity index is 1.30. The number of hydrogen-bond donors (Lipinski definition) is 1. The number of aliphatic hydroxyl groups is 1. The van der Waals surface area contributed by atoms with Crippen LogP contribution in [-0.2, 0) is 13.0 Å². The number of halogens is 2. The van der Waals surface area contributed by atoms with Crippen molar-refractivity contribution in [3.63, 3.8) is 0 Å². The van der Waals surface area contributed by atoms with E-state index in [2.05, 4.69) is 55.2 Å². The second kappa shape index (κ2) is 7.92. The van der Waals surface area contributed by atoms with Gasteiger partial charge in [-0.1, -0.05) is 35.9 Å². The molecule has 3 aromatic rings. The Labute approximate surface area is 187 Å². The number of carbonyl (C=O) groups excluding carboxylic acids is 1. The maximum Gasteiger partial charge on any atom is 0.276 e. The van der Waals surface area contributed by atoms with Crippen molar-refractivity contribution in [2.75, 3.05) is 19.6 Å². The number of aliphatic hydroxyl groups excluding tert-OH is 1. The Morgan fingerprint density at radius 1 is 1.23 bits per heavy atom. The summed E-state index contributed by atoms with van der Waals surface area (Å²) >= 11 is 9.72. The lowest BCUT2D eigenvalue weighted by molar-refractivity contribution is -0.0139. The lowest BCUT2D eigenvalue weighted by Gasteiger charge is -2.43. The van der Waals surface area contributed by atoms with Gasteiger partial charge in [0.25, 0.3) is 5.91 Å². The lowest BCUT2D eigenvalue weighted by Crippen LogP contribution is -2.56. The van der Waals surface area contributed by atoms with Crippen LogP contribution in [0.3, 0.4) is 0 Å². The predicted octanol–water partition coefficient (Wildman–Crippen LogP) is 2.78. The first-order chi connectivity index (χ1) is 14.5. The fourth-order valence-corrected chi connectivity index (χ4v) is 5.05. The second-order valence-corrected chi connectivity index (χ2v) is 9.16. The van der Waals surface area contributed by atoms with Gasteiger partial charge in [0, 0.05) is 44.6 Å². The number of nitrogens with zero attached hydrogens (tertiary/aromatic N) is 5. The Hall–Kier alpha value is -2.00. The third-order valence-corrected chi connectivity index (χ3v) is 6.81. The zero-order valence-electron chi connectivity index (χ0n) is 16.2. The van der Waals surface area contributed by atoms with E-state index in [9.17, 15) is 9.90 Å². The average Bonchev–Trinajstić information content (AvgIpc) is 3.08. The SMILES string of the molecule is O=C(c1nn2cc(Br)cnc2c1Cl)N1CC[C@H](N2CCc3ccccc3C2)[C@@H](O)C1. The third-order valence-electron chi connectivity index (χ3n) is 6.05. The minimum absolute atomic E-state index is 0.0385. The van der Waals surface area contributed by atoms with Crippen molar-refractivity contribution in [1.82, 2.24) is 24.4 Å². The number of amides is 1. The van der Waals surface area contributed by atoms with Gasteiger partial charge in [-0.15, -0.1) is 0 Å². The molecule has 156 valence electrons. The molecule has 9 heteroatoms. The molecule has 2 aromatic heterocycles. The lowest BCUT2D eigenvalue weighted by atomic mass is 9.94. The van der Waals surface area contributed by atoms with Crippen LogP contribution in [0.1, 0.15) is 28.0 Å². The molecule has 0 bridgehead atoms. The van der Waals surface area contributed by atoms with Gasteiger partial charge in [-0.05, 0) is 39.9 Å². The zero-order chi connectivity index (χ0) is 20.8. The molecule has 0 aliphatic carbocycles. The van der Waals surface area contributed by atoms with Crippen LogP contribution < -0.4 is 0 Å². The van der Waals surface area contributed by atoms with E-state index >= 15 is 0 Å². The van der Waals surface area contributed by atoms with E-state index < -0.39 is 6.10 Å². The molecular weight excluding hydrogens is 470 g/mol. The molecule has 0 radical (unpaired) electrons. The third kappa shape index (κ3) is 3.51. The van der Waals surface area contributed by atoms with Crippen molar-refractivity contribution in [3.05, 3.63) is 63.0 Å². The number of carbonyl (C=O) groups is 1. The first kappa shape index (κ1) is 19.9. The van der Waals surface area contributed by atoms with Crippen LogP contribution in [-0.4, -0.2) is 67.2 Å². The standard InChI is InChI=1S/C21H21BrClN5O2/c22-15-9-24-20-18(23)19(25-28(20)11-15)21(30)27-8-6-16(17(29)12-27)26-7-5-13-3-1-2-4-14(13)10-26/h1-4,9,11,16-17,29H,5-8,10,12H2/t16-,17-/m0/s1. The van der Waals surface area contributed by atoms with Gasteiger partial charge in [0.15, 0.2) is 11.3 Å². The number of hydrogen-bond acceptors (Lipinski definition) is 5. The molecule has 0 unspecified atom stereocenters. The van der Waals surface area contributed by atoms with Crippen LogP contribution in [0.5, 0.6) is 0 Å². The van der Waals surface area contributed by atoms with E-state index in [1.54, 1.807) is 17.3 Å². The number of aromatic nitrogens is 3. The Bertz CT molecular complexity index is 1120. The summed E-state index contributed by atoms with van der Waals surface area (Å²) in [5, 5.41) is 15.4. The summed E-state index contributed by atoms with van der Waals surface area (Å²) in [6.07, 6.45) is 4.41. The highest BCUT2D eigenvalue weighted by atomic mass is 79.9. The summed E-state index contributed by atoms with van der Waals surface area (Å²) in [5.74, 6) is -0.275. The van der Waals surface area contributed by atoms with Crippen molar-refractivity contribution < 1.29 is 9.90 Å². The van der Waals surface area contributed by atoms with Crippen molar-refractivity contribution in [3.8, 4) is 0 Å². The highest BCUT2D eigenvalue weighted by Crippen LogP contribution is 2.27. The van der Waals surface area contributed by atoms with E-state index in [1.165, 1.54) is 15.6 Å². The van der Waals surface area contributed by atoms with Crippen molar-refractivity contribution in [2.24, 2.45) is 0 Å². The van der Waals surface area contributed by atoms with E-state index in [4.69, 9.17) is 11.6 Å². The fourth-order valence-electron chi connectivity index (χ4n) is 4.50. The quantitative estimate of drug-likeness (QED) is 0.598. The summed E-state index contributed by atoms with van der Waals surface area (Å²) in [4.78, 5) is 21.3. The molecular formula is C21H21BrClN5O2. The number of piperidine rings is 1. The Morgan fingerprint density at radius 2 is 2.03 bits per heavy atom. The first-order valence-corrected chi connectivity index (χ1v) is 11.2. The van der Waals surface area contributed by atoms with Crippen LogP contribution in [0.25, 0.3) is 5.65 Å². The first-order valence-electron chi connectivity index (χ1n) is 9.99. The number of fused-ring (bicyclic) bond motifs is 2. The van der Waals surface area contributed by atoms with Gasteiger partial charge in [-0.2, -0.15) is 5.10 Å². The maximum absolute atomic E-state index is 13.1. The van der Waals surface area contributed by atoms with Gasteiger partial charge >= 0.3 is 0 Å². The molecule has 7 nitrogen and oxygen atoms in total. The van der Waals surface area contributed by atoms with Crippen LogP contribution in [0.15, 0.2) is 41.1 Å². The molecule has 5 rings (SSSR count). The zero-order valence-corrected chi connectivity index (χ0v) is 18.6. The molecule has 2 aliphatic heterocycles. The Kier molecular flexibility index (Phi) is 5.26. The summed E-state index contributed by atoms with van der Waals surface area (Å²) in [5.41, 5.74) is 3.31. The van der Waals surface area contributed by atoms with Gasteiger partial charge in [-0.25, -0.2) is 9.50 Å². The van der Waals surface area contributed by atoms with E-state index in [0.717, 1.165) is 24.0 Å². The number of benzene rings is 1. The molecule has 1 N–H and O–H groups in total. The molecule has 1 saturated heterocycles. The van der Waals surface area contributed by atoms with Crippen molar-refractivity contribution >= 4 is 39.1 Å². The molecule has 4 heterocycles. The number of β-amino-alcohol motifs (C(OH)–C–C–N with tert-alkyl or cyclic N) is 1. The minimum Gasteiger partial charge on any atom is -0.390 e. The van der Waals surface area contributed by atoms with E-state index in [0.29, 0.717) is 18.6 Å². The van der Waals surface area contributed by atoms with Gasteiger partial charge in [-0.3, -0.25) is 9.69 Å². The highest BCUT2D eigenvalue weighted by Gasteiger charge is 2.36. The second-order valence-electron chi connectivity index (χ2n) is 7.87. The normalized spacial score (nSPS) is 22.3. The molecule has 0 spiro atoms. The summed E-state index contributed by atoms with van der Waals surface area (Å²) in [6, 6.07) is 8.51. The number of likely N-dealkylation sites (tertiary alicyclic amines) is 1. The van der Waals surface area contributed by atoms with Crippen molar-refractivity contribution in [2.45, 2.75) is 31.5 Å². The minimum atomic E-state index is -0.615. The topological polar surface area (TPSA) is 74.0 Å². The van der Waals surface area contributed by atoms with Gasteiger partial charge in [0.05, 0.1) is 10.6 Å². The molecule has 0 saturated carbocycles. The smallest absolute Gasteiger partial charge is 0.276 e. The van der Waals surface area contributed by atoms with E-state index in [1.807, 2.05) is 0 Å². The number of rotatable bonds is 2. The van der Waals surface area contributed by atoms with E-state index in [-0.39, 0.29) is 29.2 Å². The highest BCUT2D eigenvalue weighted by molar-refractivity contribution is 9.10. The molecule has 2 atom stereocenters. The summed E-state index contributed by atoms with van der Waals surface area (Å²) in [6.45, 7) is 2.58. The summed E-state index contributed by atoms with van der Waals surface area (Å²) in [7, 11) is 0. The van der Waals surface area contributed by atoms with Crippen LogP contribution >= 0.6 is 27.5 Å². The monoisotopic (exact) mass is 489 g/mol. The predicted molar refractivity (Wildman–Crippen MR) is 117 cm³/mol. The maximum atomic E-state index is 13.1. The molecule has 1 aromatic carbocycles. The van der Waals surface area contributed by atoms with Crippen molar-refractivity contribution in [1.29, 1.82) is 0 Å². The van der Waals surface area contributed by atoms with Crippen LogP contribution in [0.4, 0.5) is 0 Å². The Morgan fingerprint density at radius 3 is 2.83 bits per heavy atom. The fraction of sp³-hybridized carbons (Fsp3) is 0.381. The van der Waals surface area contributed by atoms with Gasteiger partial charge in [0.2, 0.25) is 0 Å². The van der Waals surface area contributed by atoms with Gasteiger partial charge in [0.1, 0.15) is 5.02 Å². The molecule has 2 aliphatic rings. The van der Waals surface area contributed by atoms with Crippen LogP contribution in [0, 0.1) is 0 Å². The largest absolute Gasteiger partial charge is 0.390 e. The van der Waals surface area contributed by atoms with Crippen LogP contribution in [0.2, 0.25) is 5.02 Å². The molecule has 1 fully saturated rings. The molecule has 30 heavy (non-hydrogen) atoms. The average molecular weight is 491 g/mol. The van der Waals surface area contributed by atoms with Gasteiger partial charge < -0.3 is 10.0 Å². The summed E-state index contributed by atoms with van der Waals surface area (Å²) < 4.78 is 2.24. The molecule has 1 amide bonds.